The standard InChI is InChI=1S/C61H42N2/c1-3-16-41(17-4-1)43-18-15-21-47(38-43)62(48-35-37-60-54(40-48)53-25-10-14-29-59(53)63(60)45-19-5-2-6-20-45)46-33-30-42(31-34-46)44-32-36-52-51-24-9-13-28-57(51)61(58(52)39-44)55-26-11-7-22-49(55)50-23-8-12-27-56(50)61/h1-33,35-40,46H,34H2. The molecule has 13 rings (SSSR count). The summed E-state index contributed by atoms with van der Waals surface area (Å²) in [6.07, 6.45) is 8.12. The van der Waals surface area contributed by atoms with E-state index in [4.69, 9.17) is 0 Å². The van der Waals surface area contributed by atoms with Crippen molar-refractivity contribution in [3.8, 4) is 39.1 Å². The van der Waals surface area contributed by atoms with Crippen molar-refractivity contribution in [3.63, 3.8) is 0 Å². The average Bonchev–Trinajstić information content (AvgIpc) is 3.96. The molecular weight excluding hydrogens is 761 g/mol. The smallest absolute Gasteiger partial charge is 0.0725 e. The predicted molar refractivity (Wildman–Crippen MR) is 263 cm³/mol. The van der Waals surface area contributed by atoms with Gasteiger partial charge in [0.1, 0.15) is 0 Å². The third-order valence-corrected chi connectivity index (χ3v) is 13.9. The van der Waals surface area contributed by atoms with Gasteiger partial charge in [-0.05, 0) is 128 Å². The summed E-state index contributed by atoms with van der Waals surface area (Å²) >= 11 is 0. The van der Waals surface area contributed by atoms with E-state index in [9.17, 15) is 0 Å². The third kappa shape index (κ3) is 5.31. The lowest BCUT2D eigenvalue weighted by molar-refractivity contribution is 0.786. The maximum Gasteiger partial charge on any atom is 0.0725 e. The van der Waals surface area contributed by atoms with Gasteiger partial charge in [-0.1, -0.05) is 182 Å². The zero-order chi connectivity index (χ0) is 41.5. The van der Waals surface area contributed by atoms with Crippen molar-refractivity contribution in [3.05, 3.63) is 264 Å². The van der Waals surface area contributed by atoms with Gasteiger partial charge < -0.3 is 9.47 Å². The highest BCUT2D eigenvalue weighted by Crippen LogP contribution is 2.63. The molecule has 1 spiro atoms. The van der Waals surface area contributed by atoms with Gasteiger partial charge in [0.05, 0.1) is 22.5 Å². The van der Waals surface area contributed by atoms with Crippen LogP contribution in [0.5, 0.6) is 0 Å². The lowest BCUT2D eigenvalue weighted by Crippen LogP contribution is -2.30. The Balaban J connectivity index is 0.928. The molecule has 3 aliphatic carbocycles. The monoisotopic (exact) mass is 802 g/mol. The van der Waals surface area contributed by atoms with Crippen LogP contribution in [0.3, 0.4) is 0 Å². The number of benzene rings is 9. The van der Waals surface area contributed by atoms with Gasteiger partial charge in [-0.15, -0.1) is 0 Å². The Morgan fingerprint density at radius 3 is 1.70 bits per heavy atom. The van der Waals surface area contributed by atoms with Crippen LogP contribution in [-0.4, -0.2) is 10.6 Å². The van der Waals surface area contributed by atoms with Gasteiger partial charge in [-0.2, -0.15) is 0 Å². The van der Waals surface area contributed by atoms with Crippen molar-refractivity contribution in [2.75, 3.05) is 4.90 Å². The largest absolute Gasteiger partial charge is 0.334 e. The highest BCUT2D eigenvalue weighted by atomic mass is 15.2. The molecule has 10 aromatic rings. The highest BCUT2D eigenvalue weighted by molar-refractivity contribution is 6.10. The van der Waals surface area contributed by atoms with E-state index < -0.39 is 0 Å². The SMILES string of the molecule is C1=CC(N(c2cccc(-c3ccccc3)c2)c2ccc3c(c2)c2ccccc2n3-c2ccccc2)CC=C1c1ccc2c(c1)C1(c3ccccc3-c3ccccc31)c1ccccc1-2. The molecule has 0 bridgehead atoms. The van der Waals surface area contributed by atoms with Crippen LogP contribution >= 0.6 is 0 Å². The number of hydrogen-bond acceptors (Lipinski definition) is 1. The van der Waals surface area contributed by atoms with E-state index in [1.807, 2.05) is 0 Å². The summed E-state index contributed by atoms with van der Waals surface area (Å²) in [4.78, 5) is 2.55. The summed E-state index contributed by atoms with van der Waals surface area (Å²) in [6.45, 7) is 0. The van der Waals surface area contributed by atoms with Crippen LogP contribution < -0.4 is 4.90 Å². The zero-order valence-electron chi connectivity index (χ0n) is 34.7. The topological polar surface area (TPSA) is 8.17 Å². The molecule has 1 heterocycles. The average molecular weight is 803 g/mol. The van der Waals surface area contributed by atoms with Crippen molar-refractivity contribution < 1.29 is 0 Å². The summed E-state index contributed by atoms with van der Waals surface area (Å²) in [5, 5.41) is 2.50. The second-order valence-corrected chi connectivity index (χ2v) is 17.1. The molecule has 0 saturated carbocycles. The van der Waals surface area contributed by atoms with Gasteiger partial charge in [0.15, 0.2) is 0 Å². The minimum atomic E-state index is -0.362. The Kier molecular flexibility index (Phi) is 7.98. The fraction of sp³-hybridized carbons (Fsp3) is 0.0492. The van der Waals surface area contributed by atoms with Crippen LogP contribution in [0.1, 0.15) is 34.2 Å². The Labute approximate surface area is 368 Å². The number of aromatic nitrogens is 1. The van der Waals surface area contributed by atoms with Crippen LogP contribution in [0.25, 0.3) is 66.4 Å². The number of rotatable bonds is 6. The van der Waals surface area contributed by atoms with E-state index in [2.05, 4.69) is 246 Å². The number of para-hydroxylation sites is 2. The summed E-state index contributed by atoms with van der Waals surface area (Å²) in [7, 11) is 0. The minimum absolute atomic E-state index is 0.0957. The molecule has 3 aliphatic rings. The van der Waals surface area contributed by atoms with Gasteiger partial charge in [0.2, 0.25) is 0 Å². The van der Waals surface area contributed by atoms with E-state index in [1.165, 1.54) is 106 Å². The van der Waals surface area contributed by atoms with E-state index in [1.54, 1.807) is 0 Å². The van der Waals surface area contributed by atoms with Gasteiger partial charge in [-0.25, -0.2) is 0 Å². The van der Waals surface area contributed by atoms with Crippen molar-refractivity contribution >= 4 is 38.8 Å². The Morgan fingerprint density at radius 2 is 1.00 bits per heavy atom. The minimum Gasteiger partial charge on any atom is -0.334 e. The predicted octanol–water partition coefficient (Wildman–Crippen LogP) is 15.3. The molecule has 1 atom stereocenters. The fourth-order valence-corrected chi connectivity index (χ4v) is 11.3. The molecule has 1 unspecified atom stereocenters. The lowest BCUT2D eigenvalue weighted by Gasteiger charge is -2.34. The molecule has 296 valence electrons. The molecule has 0 aliphatic heterocycles. The van der Waals surface area contributed by atoms with Gasteiger partial charge in [0, 0.05) is 27.8 Å². The van der Waals surface area contributed by atoms with Gasteiger partial charge in [0.25, 0.3) is 0 Å². The van der Waals surface area contributed by atoms with Crippen molar-refractivity contribution in [1.82, 2.24) is 4.57 Å². The summed E-state index contributed by atoms with van der Waals surface area (Å²) in [5.74, 6) is 0. The molecule has 0 amide bonds. The maximum atomic E-state index is 2.55. The van der Waals surface area contributed by atoms with Crippen LogP contribution in [0.15, 0.2) is 237 Å². The molecule has 2 nitrogen and oxygen atoms in total. The summed E-state index contributed by atoms with van der Waals surface area (Å²) < 4.78 is 2.40. The molecule has 0 radical (unpaired) electrons. The van der Waals surface area contributed by atoms with Gasteiger partial charge in [-0.3, -0.25) is 0 Å². The van der Waals surface area contributed by atoms with E-state index in [0.29, 0.717) is 0 Å². The van der Waals surface area contributed by atoms with E-state index >= 15 is 0 Å². The molecule has 0 fully saturated rings. The maximum absolute atomic E-state index is 2.55. The first-order valence-electron chi connectivity index (χ1n) is 22.1. The molecule has 1 aromatic heterocycles. The number of allylic oxidation sites excluding steroid dienone is 2. The number of nitrogens with zero attached hydrogens (tertiary/aromatic N) is 2. The fourth-order valence-electron chi connectivity index (χ4n) is 11.3. The first-order valence-corrected chi connectivity index (χ1v) is 22.1. The van der Waals surface area contributed by atoms with Gasteiger partial charge >= 0.3 is 0 Å². The van der Waals surface area contributed by atoms with Crippen molar-refractivity contribution in [1.29, 1.82) is 0 Å². The number of fused-ring (bicyclic) bond motifs is 13. The van der Waals surface area contributed by atoms with Crippen LogP contribution in [0, 0.1) is 0 Å². The quantitative estimate of drug-likeness (QED) is 0.163. The Bertz CT molecular complexity index is 3430. The summed E-state index contributed by atoms with van der Waals surface area (Å²) in [6, 6.07) is 80.9. The van der Waals surface area contributed by atoms with Crippen LogP contribution in [0.2, 0.25) is 0 Å². The van der Waals surface area contributed by atoms with Crippen LogP contribution in [0.4, 0.5) is 11.4 Å². The normalized spacial score (nSPS) is 15.2. The van der Waals surface area contributed by atoms with E-state index in [-0.39, 0.29) is 11.5 Å². The number of anilines is 2. The highest BCUT2D eigenvalue weighted by Gasteiger charge is 2.51. The zero-order valence-corrected chi connectivity index (χ0v) is 34.7. The third-order valence-electron chi connectivity index (χ3n) is 13.9. The molecule has 9 aromatic carbocycles. The molecular formula is C61H42N2. The molecule has 0 N–H and O–H groups in total. The second kappa shape index (κ2) is 14.1. The van der Waals surface area contributed by atoms with Crippen molar-refractivity contribution in [2.45, 2.75) is 17.9 Å². The number of hydrogen-bond donors (Lipinski definition) is 0. The second-order valence-electron chi connectivity index (χ2n) is 17.1. The van der Waals surface area contributed by atoms with E-state index in [0.717, 1.165) is 6.42 Å². The molecule has 2 heteroatoms. The Hall–Kier alpha value is -7.94. The summed E-state index contributed by atoms with van der Waals surface area (Å²) in [5.41, 5.74) is 21.3. The molecule has 63 heavy (non-hydrogen) atoms. The lowest BCUT2D eigenvalue weighted by atomic mass is 9.70. The first kappa shape index (κ1) is 35.8. The van der Waals surface area contributed by atoms with Crippen molar-refractivity contribution in [2.24, 2.45) is 0 Å². The first-order chi connectivity index (χ1) is 31.3. The van der Waals surface area contributed by atoms with Crippen LogP contribution in [-0.2, 0) is 5.41 Å². The molecule has 0 saturated heterocycles. The Morgan fingerprint density at radius 1 is 0.413 bits per heavy atom.